The van der Waals surface area contributed by atoms with Gasteiger partial charge in [0.15, 0.2) is 5.13 Å². The molecule has 0 amide bonds. The van der Waals surface area contributed by atoms with Crippen LogP contribution in [0.4, 0.5) is 16.9 Å². The van der Waals surface area contributed by atoms with Gasteiger partial charge in [0.2, 0.25) is 5.95 Å². The number of benzene rings is 1. The molecule has 36 heavy (non-hydrogen) atoms. The summed E-state index contributed by atoms with van der Waals surface area (Å²) in [6, 6.07) is 16.9. The summed E-state index contributed by atoms with van der Waals surface area (Å²) in [4.78, 5) is 19.9. The number of nitrogens with zero attached hydrogens (tertiary/aromatic N) is 5. The Balaban J connectivity index is 1.27. The van der Waals surface area contributed by atoms with Crippen molar-refractivity contribution < 1.29 is 0 Å². The van der Waals surface area contributed by atoms with Gasteiger partial charge in [0.25, 0.3) is 0 Å². The molecule has 5 aromatic rings. The minimum absolute atomic E-state index is 0.298. The van der Waals surface area contributed by atoms with Crippen molar-refractivity contribution in [2.45, 2.75) is 44.2 Å². The molecule has 4 heterocycles. The molecule has 0 unspecified atom stereocenters. The van der Waals surface area contributed by atoms with Crippen LogP contribution in [0.1, 0.15) is 36.9 Å². The van der Waals surface area contributed by atoms with E-state index in [1.165, 1.54) is 16.9 Å². The largest absolute Gasteiger partial charge is 0.351 e. The Kier molecular flexibility index (Phi) is 6.27. The highest BCUT2D eigenvalue weighted by Gasteiger charge is 2.20. The first kappa shape index (κ1) is 22.6. The van der Waals surface area contributed by atoms with Gasteiger partial charge in [-0.3, -0.25) is 5.10 Å². The molecular formula is C26H27N9S. The van der Waals surface area contributed by atoms with E-state index >= 15 is 0 Å². The van der Waals surface area contributed by atoms with Crippen LogP contribution >= 0.6 is 11.3 Å². The minimum atomic E-state index is 0.298. The van der Waals surface area contributed by atoms with E-state index in [0.717, 1.165) is 64.5 Å². The number of nitrogens with one attached hydrogen (secondary N) is 3. The zero-order valence-electron chi connectivity index (χ0n) is 19.7. The van der Waals surface area contributed by atoms with Crippen LogP contribution in [-0.2, 0) is 6.42 Å². The maximum atomic E-state index is 6.09. The van der Waals surface area contributed by atoms with Gasteiger partial charge in [-0.05, 0) is 43.4 Å². The lowest BCUT2D eigenvalue weighted by Gasteiger charge is -2.27. The molecule has 9 nitrogen and oxygen atoms in total. The second kappa shape index (κ2) is 10.00. The molecule has 10 heteroatoms. The van der Waals surface area contributed by atoms with Crippen molar-refractivity contribution in [1.29, 1.82) is 0 Å². The lowest BCUT2D eigenvalue weighted by molar-refractivity contribution is 0.410. The summed E-state index contributed by atoms with van der Waals surface area (Å²) in [5.41, 5.74) is 10.9. The number of anilines is 3. The normalized spacial score (nSPS) is 17.8. The average molecular weight is 498 g/mol. The smallest absolute Gasteiger partial charge is 0.225 e. The van der Waals surface area contributed by atoms with Crippen LogP contribution in [0.3, 0.4) is 0 Å². The van der Waals surface area contributed by atoms with Crippen molar-refractivity contribution in [3.63, 3.8) is 0 Å². The predicted octanol–water partition coefficient (Wildman–Crippen LogP) is 4.89. The van der Waals surface area contributed by atoms with Crippen molar-refractivity contribution in [3.8, 4) is 11.3 Å². The number of aromatic nitrogens is 6. The number of pyridine rings is 1. The fraction of sp³-hybridized carbons (Fsp3) is 0.269. The molecule has 5 N–H and O–H groups in total. The zero-order valence-corrected chi connectivity index (χ0v) is 20.5. The fourth-order valence-corrected chi connectivity index (χ4v) is 5.34. The third-order valence-corrected chi connectivity index (χ3v) is 7.28. The number of hydrogen-bond donors (Lipinski definition) is 4. The summed E-state index contributed by atoms with van der Waals surface area (Å²) >= 11 is 1.50. The van der Waals surface area contributed by atoms with E-state index in [-0.39, 0.29) is 0 Å². The quantitative estimate of drug-likeness (QED) is 0.250. The Morgan fingerprint density at radius 1 is 0.972 bits per heavy atom. The number of hydrogen-bond acceptors (Lipinski definition) is 9. The van der Waals surface area contributed by atoms with E-state index in [0.29, 0.717) is 23.8 Å². The lowest BCUT2D eigenvalue weighted by atomic mass is 9.92. The standard InChI is InChI=1S/C26H27N9S/c27-18-6-8-19(9-7-18)30-25-31-20(12-16-4-2-1-3-5-16)13-23(34-25)35-26-33-22-11-10-21(32-24(22)36-26)17-14-28-29-15-17/h1-5,10-11,13-15,18-19H,6-9,12,27H2,(H,28,29)(H2,30,31,33,34,35). The third-order valence-electron chi connectivity index (χ3n) is 6.40. The SMILES string of the molecule is NC1CCC(Nc2nc(Cc3ccccc3)cc(Nc3nc4ccc(-c5cn[nH]c5)nc4s3)n2)CC1. The monoisotopic (exact) mass is 497 g/mol. The Hall–Kier alpha value is -3.89. The molecule has 0 aliphatic heterocycles. The van der Waals surface area contributed by atoms with Gasteiger partial charge in [0, 0.05) is 36.3 Å². The number of rotatable bonds is 7. The van der Waals surface area contributed by atoms with Crippen molar-refractivity contribution in [1.82, 2.24) is 30.1 Å². The predicted molar refractivity (Wildman–Crippen MR) is 143 cm³/mol. The molecule has 0 radical (unpaired) electrons. The number of thiazole rings is 1. The maximum Gasteiger partial charge on any atom is 0.225 e. The molecule has 1 aromatic carbocycles. The number of H-pyrrole nitrogens is 1. The first-order valence-corrected chi connectivity index (χ1v) is 13.0. The Labute approximate surface area is 212 Å². The Morgan fingerprint density at radius 3 is 2.64 bits per heavy atom. The van der Waals surface area contributed by atoms with Gasteiger partial charge in [-0.15, -0.1) is 0 Å². The van der Waals surface area contributed by atoms with Gasteiger partial charge >= 0.3 is 0 Å². The summed E-state index contributed by atoms with van der Waals surface area (Å²) in [7, 11) is 0. The second-order valence-corrected chi connectivity index (χ2v) is 10.1. The van der Waals surface area contributed by atoms with Crippen LogP contribution in [0, 0.1) is 0 Å². The molecule has 0 saturated heterocycles. The number of aromatic amines is 1. The highest BCUT2D eigenvalue weighted by molar-refractivity contribution is 7.21. The molecule has 1 saturated carbocycles. The molecule has 0 atom stereocenters. The van der Waals surface area contributed by atoms with Crippen LogP contribution in [0.15, 0.2) is 60.9 Å². The van der Waals surface area contributed by atoms with Gasteiger partial charge in [0.05, 0.1) is 17.6 Å². The molecule has 1 aliphatic rings. The Morgan fingerprint density at radius 2 is 1.83 bits per heavy atom. The van der Waals surface area contributed by atoms with E-state index in [1.807, 2.05) is 42.6 Å². The fourth-order valence-electron chi connectivity index (χ4n) is 4.50. The van der Waals surface area contributed by atoms with Gasteiger partial charge in [0.1, 0.15) is 16.2 Å². The molecular weight excluding hydrogens is 470 g/mol. The molecule has 4 aromatic heterocycles. The highest BCUT2D eigenvalue weighted by atomic mass is 32.1. The summed E-state index contributed by atoms with van der Waals surface area (Å²) < 4.78 is 0. The van der Waals surface area contributed by atoms with Crippen molar-refractivity contribution in [2.24, 2.45) is 5.73 Å². The van der Waals surface area contributed by atoms with Gasteiger partial charge in [-0.25, -0.2) is 15.0 Å². The van der Waals surface area contributed by atoms with Crippen LogP contribution < -0.4 is 16.4 Å². The van der Waals surface area contributed by atoms with Crippen LogP contribution in [0.25, 0.3) is 21.6 Å². The van der Waals surface area contributed by atoms with E-state index in [4.69, 9.17) is 25.7 Å². The summed E-state index contributed by atoms with van der Waals surface area (Å²) in [6.45, 7) is 0. The molecule has 182 valence electrons. The number of nitrogens with two attached hydrogens (primary N) is 1. The number of fused-ring (bicyclic) bond motifs is 1. The van der Waals surface area contributed by atoms with Crippen LogP contribution in [-0.4, -0.2) is 42.2 Å². The summed E-state index contributed by atoms with van der Waals surface area (Å²) in [6.07, 6.45) is 8.41. The van der Waals surface area contributed by atoms with E-state index in [9.17, 15) is 0 Å². The topological polar surface area (TPSA) is 130 Å². The third kappa shape index (κ3) is 5.19. The van der Waals surface area contributed by atoms with E-state index < -0.39 is 0 Å². The van der Waals surface area contributed by atoms with Crippen molar-refractivity contribution in [3.05, 3.63) is 72.2 Å². The van der Waals surface area contributed by atoms with E-state index in [2.05, 4.69) is 33.0 Å². The van der Waals surface area contributed by atoms with Crippen LogP contribution in [0.2, 0.25) is 0 Å². The average Bonchev–Trinajstić information content (AvgIpc) is 3.55. The van der Waals surface area contributed by atoms with Gasteiger partial charge in [-0.2, -0.15) is 10.1 Å². The maximum absolute atomic E-state index is 6.09. The first-order valence-electron chi connectivity index (χ1n) is 12.2. The van der Waals surface area contributed by atoms with E-state index in [1.54, 1.807) is 6.20 Å². The van der Waals surface area contributed by atoms with Gasteiger partial charge < -0.3 is 16.4 Å². The molecule has 1 fully saturated rings. The molecule has 1 aliphatic carbocycles. The van der Waals surface area contributed by atoms with Crippen LogP contribution in [0.5, 0.6) is 0 Å². The van der Waals surface area contributed by atoms with Crippen molar-refractivity contribution in [2.75, 3.05) is 10.6 Å². The summed E-state index contributed by atoms with van der Waals surface area (Å²) in [5.74, 6) is 1.34. The molecule has 6 rings (SSSR count). The van der Waals surface area contributed by atoms with Crippen molar-refractivity contribution >= 4 is 38.6 Å². The minimum Gasteiger partial charge on any atom is -0.351 e. The first-order chi connectivity index (χ1) is 17.7. The highest BCUT2D eigenvalue weighted by Crippen LogP contribution is 2.30. The Bertz CT molecular complexity index is 1440. The molecule has 0 bridgehead atoms. The van der Waals surface area contributed by atoms with Gasteiger partial charge in [-0.1, -0.05) is 41.7 Å². The lowest BCUT2D eigenvalue weighted by Crippen LogP contribution is -2.33. The summed E-state index contributed by atoms with van der Waals surface area (Å²) in [5, 5.41) is 14.5. The second-order valence-electron chi connectivity index (χ2n) is 9.14. The zero-order chi connectivity index (χ0) is 24.3. The molecule has 0 spiro atoms.